The Morgan fingerprint density at radius 2 is 1.83 bits per heavy atom. The summed E-state index contributed by atoms with van der Waals surface area (Å²) in [4.78, 5) is 0.130. The number of aryl methyl sites for hydroxylation is 1. The van der Waals surface area contributed by atoms with E-state index in [4.69, 9.17) is 4.18 Å². The van der Waals surface area contributed by atoms with Crippen LogP contribution in [0.3, 0.4) is 0 Å². The van der Waals surface area contributed by atoms with Crippen LogP contribution in [-0.2, 0) is 31.9 Å². The minimum Gasteiger partial charge on any atom is -0.272 e. The third-order valence-electron chi connectivity index (χ3n) is 4.28. The molecule has 0 aromatic heterocycles. The van der Waals surface area contributed by atoms with Gasteiger partial charge in [-0.15, -0.1) is 0 Å². The van der Waals surface area contributed by atoms with Crippen molar-refractivity contribution in [3.8, 4) is 0 Å². The predicted molar refractivity (Wildman–Crippen MR) is 86.1 cm³/mol. The van der Waals surface area contributed by atoms with E-state index in [-0.39, 0.29) is 4.90 Å². The third kappa shape index (κ3) is 2.27. The number of nitrogens with zero attached hydrogens (tertiary/aromatic N) is 1. The highest BCUT2D eigenvalue weighted by molar-refractivity contribution is 7.99. The zero-order chi connectivity index (χ0) is 16.2. The molecule has 1 saturated heterocycles. The van der Waals surface area contributed by atoms with Crippen molar-refractivity contribution in [1.82, 2.24) is 3.71 Å². The van der Waals surface area contributed by atoms with Gasteiger partial charge in [0, 0.05) is 6.42 Å². The van der Waals surface area contributed by atoms with Crippen LogP contribution in [0.5, 0.6) is 0 Å². The SMILES string of the molecule is Cc1ccc(S(=O)(=O)N2C3c4ccccc4CC3O[S@@]2=O)cc1. The zero-order valence-corrected chi connectivity index (χ0v) is 14.0. The molecule has 0 radical (unpaired) electrons. The van der Waals surface area contributed by atoms with Gasteiger partial charge in [-0.1, -0.05) is 45.7 Å². The second kappa shape index (κ2) is 5.24. The lowest BCUT2D eigenvalue weighted by Gasteiger charge is -2.20. The minimum absolute atomic E-state index is 0.130. The summed E-state index contributed by atoms with van der Waals surface area (Å²) in [6.45, 7) is 1.89. The highest BCUT2D eigenvalue weighted by Gasteiger charge is 2.52. The van der Waals surface area contributed by atoms with Crippen LogP contribution < -0.4 is 0 Å². The molecule has 0 saturated carbocycles. The molecule has 0 N–H and O–H groups in total. The summed E-state index contributed by atoms with van der Waals surface area (Å²) >= 11 is -2.01. The Morgan fingerprint density at radius 3 is 2.57 bits per heavy atom. The van der Waals surface area contributed by atoms with E-state index < -0.39 is 33.4 Å². The Bertz CT molecular complexity index is 893. The number of hydrogen-bond donors (Lipinski definition) is 0. The van der Waals surface area contributed by atoms with E-state index in [0.29, 0.717) is 6.42 Å². The maximum absolute atomic E-state index is 13.0. The van der Waals surface area contributed by atoms with Gasteiger partial charge >= 0.3 is 0 Å². The molecule has 0 amide bonds. The van der Waals surface area contributed by atoms with Crippen molar-refractivity contribution in [2.45, 2.75) is 30.4 Å². The van der Waals surface area contributed by atoms with Crippen molar-refractivity contribution in [3.63, 3.8) is 0 Å². The smallest absolute Gasteiger partial charge is 0.256 e. The number of hydrogen-bond acceptors (Lipinski definition) is 4. The zero-order valence-electron chi connectivity index (χ0n) is 12.4. The van der Waals surface area contributed by atoms with Crippen molar-refractivity contribution in [1.29, 1.82) is 0 Å². The van der Waals surface area contributed by atoms with Crippen molar-refractivity contribution in [3.05, 3.63) is 65.2 Å². The van der Waals surface area contributed by atoms with E-state index in [0.717, 1.165) is 20.4 Å². The van der Waals surface area contributed by atoms with Crippen LogP contribution in [0.1, 0.15) is 22.7 Å². The van der Waals surface area contributed by atoms with Crippen LogP contribution in [0, 0.1) is 6.92 Å². The molecule has 120 valence electrons. The summed E-state index contributed by atoms with van der Waals surface area (Å²) in [6, 6.07) is 13.6. The Kier molecular flexibility index (Phi) is 3.42. The Balaban J connectivity index is 1.81. The molecule has 2 aromatic carbocycles. The van der Waals surface area contributed by atoms with Crippen molar-refractivity contribution < 1.29 is 16.8 Å². The summed E-state index contributed by atoms with van der Waals surface area (Å²) in [5.41, 5.74) is 2.88. The summed E-state index contributed by atoms with van der Waals surface area (Å²) in [7, 11) is -3.89. The molecule has 5 nitrogen and oxygen atoms in total. The average molecular weight is 349 g/mol. The second-order valence-corrected chi connectivity index (χ2v) is 8.84. The molecule has 3 atom stereocenters. The number of rotatable bonds is 2. The highest BCUT2D eigenvalue weighted by atomic mass is 32.3. The molecule has 7 heteroatoms. The van der Waals surface area contributed by atoms with E-state index in [9.17, 15) is 12.6 Å². The van der Waals surface area contributed by atoms with E-state index in [2.05, 4.69) is 0 Å². The highest BCUT2D eigenvalue weighted by Crippen LogP contribution is 2.46. The average Bonchev–Trinajstić information content (AvgIpc) is 3.02. The van der Waals surface area contributed by atoms with E-state index in [1.165, 1.54) is 12.1 Å². The van der Waals surface area contributed by atoms with Crippen LogP contribution in [0.25, 0.3) is 0 Å². The van der Waals surface area contributed by atoms with Gasteiger partial charge in [0.15, 0.2) is 0 Å². The van der Waals surface area contributed by atoms with Gasteiger partial charge in [-0.25, -0.2) is 12.6 Å². The topological polar surface area (TPSA) is 63.7 Å². The molecule has 4 rings (SSSR count). The van der Waals surface area contributed by atoms with Gasteiger partial charge in [-0.2, -0.15) is 0 Å². The molecular weight excluding hydrogens is 334 g/mol. The summed E-state index contributed by atoms with van der Waals surface area (Å²) in [5.74, 6) is 0. The fourth-order valence-corrected chi connectivity index (χ4v) is 6.30. The molecular formula is C16H15NO4S2. The molecule has 2 aliphatic rings. The number of sulfonamides is 1. The van der Waals surface area contributed by atoms with Gasteiger partial charge in [0.25, 0.3) is 21.3 Å². The van der Waals surface area contributed by atoms with Crippen molar-refractivity contribution in [2.24, 2.45) is 0 Å². The molecule has 0 bridgehead atoms. The van der Waals surface area contributed by atoms with E-state index >= 15 is 0 Å². The van der Waals surface area contributed by atoms with E-state index in [1.807, 2.05) is 31.2 Å². The standard InChI is InChI=1S/C16H15NO4S2/c1-11-6-8-13(9-7-11)23(19,20)17-16-14-5-3-2-4-12(14)10-15(16)21-22(17)18/h2-9,15-16H,10H2,1H3/t15?,16?,22-/m0/s1. The fraction of sp³-hybridized carbons (Fsp3) is 0.250. The second-order valence-electron chi connectivity index (χ2n) is 5.77. The first-order chi connectivity index (χ1) is 11.0. The molecule has 2 unspecified atom stereocenters. The van der Waals surface area contributed by atoms with Gasteiger partial charge < -0.3 is 0 Å². The van der Waals surface area contributed by atoms with Gasteiger partial charge in [0.05, 0.1) is 10.9 Å². The molecule has 1 aliphatic carbocycles. The van der Waals surface area contributed by atoms with Crippen molar-refractivity contribution >= 4 is 21.3 Å². The lowest BCUT2D eigenvalue weighted by Crippen LogP contribution is -2.32. The molecule has 1 heterocycles. The summed E-state index contributed by atoms with van der Waals surface area (Å²) < 4.78 is 44.7. The first-order valence-corrected chi connectivity index (χ1v) is 9.73. The van der Waals surface area contributed by atoms with Crippen LogP contribution in [0.4, 0.5) is 0 Å². The summed E-state index contributed by atoms with van der Waals surface area (Å²) in [5, 5.41) is 0. The Labute approximate surface area is 137 Å². The van der Waals surface area contributed by atoms with Gasteiger partial charge in [-0.3, -0.25) is 4.18 Å². The first kappa shape index (κ1) is 15.0. The van der Waals surface area contributed by atoms with E-state index in [1.54, 1.807) is 12.1 Å². The Hall–Kier alpha value is -1.54. The largest absolute Gasteiger partial charge is 0.272 e. The van der Waals surface area contributed by atoms with Crippen LogP contribution in [0.15, 0.2) is 53.4 Å². The fourth-order valence-electron chi connectivity index (χ4n) is 3.16. The maximum atomic E-state index is 13.0. The molecule has 1 fully saturated rings. The third-order valence-corrected chi connectivity index (χ3v) is 7.74. The summed E-state index contributed by atoms with van der Waals surface area (Å²) in [6.07, 6.45) is 0.181. The lowest BCUT2D eigenvalue weighted by molar-refractivity contribution is 0.230. The molecule has 23 heavy (non-hydrogen) atoms. The van der Waals surface area contributed by atoms with Crippen LogP contribution in [0.2, 0.25) is 0 Å². The van der Waals surface area contributed by atoms with Crippen LogP contribution >= 0.6 is 0 Å². The minimum atomic E-state index is -3.89. The van der Waals surface area contributed by atoms with Crippen molar-refractivity contribution in [2.75, 3.05) is 0 Å². The van der Waals surface area contributed by atoms with Gasteiger partial charge in [0.1, 0.15) is 6.10 Å². The normalized spacial score (nSPS) is 26.9. The molecule has 2 aromatic rings. The molecule has 0 spiro atoms. The predicted octanol–water partition coefficient (Wildman–Crippen LogP) is 2.26. The number of fused-ring (bicyclic) bond motifs is 3. The van der Waals surface area contributed by atoms with Gasteiger partial charge in [0.2, 0.25) is 0 Å². The monoisotopic (exact) mass is 349 g/mol. The number of benzene rings is 2. The Morgan fingerprint density at radius 1 is 1.13 bits per heavy atom. The quantitative estimate of drug-likeness (QED) is 0.834. The molecule has 1 aliphatic heterocycles. The first-order valence-electron chi connectivity index (χ1n) is 7.26. The van der Waals surface area contributed by atoms with Gasteiger partial charge in [-0.05, 0) is 30.2 Å². The lowest BCUT2D eigenvalue weighted by atomic mass is 10.1. The van der Waals surface area contributed by atoms with Crippen LogP contribution in [-0.4, -0.2) is 22.4 Å². The maximum Gasteiger partial charge on any atom is 0.256 e.